The van der Waals surface area contributed by atoms with E-state index in [1.165, 1.54) is 12.1 Å². The van der Waals surface area contributed by atoms with Crippen LogP contribution in [-0.4, -0.2) is 25.8 Å². The standard InChI is InChI=1S/C27H29N3O5S/c1-3-20-8-16-24(17-9-20)36(34,35)28-18-4-5-25-26(21-10-14-23(15-11-21)30(32)33)29(27(25)31)22-12-6-19(2)7-13-22/h6-17,25-26,28H,3-5,18H2,1-2H3/t25-,26-/m1/s1. The van der Waals surface area contributed by atoms with E-state index in [1.807, 2.05) is 38.1 Å². The van der Waals surface area contributed by atoms with Gasteiger partial charge in [0.2, 0.25) is 15.9 Å². The van der Waals surface area contributed by atoms with Gasteiger partial charge in [0.1, 0.15) is 0 Å². The number of anilines is 1. The van der Waals surface area contributed by atoms with E-state index in [9.17, 15) is 23.3 Å². The molecule has 2 atom stereocenters. The van der Waals surface area contributed by atoms with E-state index in [1.54, 1.807) is 41.3 Å². The number of carbonyl (C=O) groups excluding carboxylic acids is 1. The zero-order valence-corrected chi connectivity index (χ0v) is 21.1. The lowest BCUT2D eigenvalue weighted by Crippen LogP contribution is -2.55. The number of sulfonamides is 1. The zero-order valence-electron chi connectivity index (χ0n) is 20.3. The Kier molecular flexibility index (Phi) is 7.51. The normalized spacial score (nSPS) is 17.6. The van der Waals surface area contributed by atoms with Gasteiger partial charge < -0.3 is 4.90 Å². The summed E-state index contributed by atoms with van der Waals surface area (Å²) in [7, 11) is -3.63. The zero-order chi connectivity index (χ0) is 25.9. The van der Waals surface area contributed by atoms with E-state index in [-0.39, 0.29) is 35.0 Å². The highest BCUT2D eigenvalue weighted by molar-refractivity contribution is 7.89. The monoisotopic (exact) mass is 507 g/mol. The van der Waals surface area contributed by atoms with Crippen LogP contribution in [0.5, 0.6) is 0 Å². The summed E-state index contributed by atoms with van der Waals surface area (Å²) >= 11 is 0. The van der Waals surface area contributed by atoms with Crippen molar-refractivity contribution in [3.8, 4) is 0 Å². The molecule has 36 heavy (non-hydrogen) atoms. The fourth-order valence-corrected chi connectivity index (χ4v) is 5.59. The molecule has 0 aliphatic carbocycles. The van der Waals surface area contributed by atoms with Crippen LogP contribution < -0.4 is 9.62 Å². The van der Waals surface area contributed by atoms with Crippen molar-refractivity contribution in [2.24, 2.45) is 5.92 Å². The van der Waals surface area contributed by atoms with Gasteiger partial charge in [-0.2, -0.15) is 0 Å². The predicted octanol–water partition coefficient (Wildman–Crippen LogP) is 4.93. The molecule has 1 fully saturated rings. The average Bonchev–Trinajstić information content (AvgIpc) is 2.88. The molecule has 0 spiro atoms. The molecule has 1 amide bonds. The summed E-state index contributed by atoms with van der Waals surface area (Å²) in [5, 5.41) is 11.1. The van der Waals surface area contributed by atoms with Crippen molar-refractivity contribution >= 4 is 27.3 Å². The smallest absolute Gasteiger partial charge is 0.269 e. The van der Waals surface area contributed by atoms with Crippen molar-refractivity contribution < 1.29 is 18.1 Å². The predicted molar refractivity (Wildman–Crippen MR) is 138 cm³/mol. The second kappa shape index (κ2) is 10.6. The van der Waals surface area contributed by atoms with Gasteiger partial charge in [-0.15, -0.1) is 0 Å². The average molecular weight is 508 g/mol. The summed E-state index contributed by atoms with van der Waals surface area (Å²) < 4.78 is 27.9. The van der Waals surface area contributed by atoms with Crippen LogP contribution in [0.4, 0.5) is 11.4 Å². The van der Waals surface area contributed by atoms with Crippen molar-refractivity contribution in [2.45, 2.75) is 44.0 Å². The molecule has 1 N–H and O–H groups in total. The third-order valence-corrected chi connectivity index (χ3v) is 8.07. The van der Waals surface area contributed by atoms with E-state index in [0.717, 1.165) is 28.8 Å². The molecule has 3 aromatic rings. The Hall–Kier alpha value is -3.56. The summed E-state index contributed by atoms with van der Waals surface area (Å²) in [6.07, 6.45) is 1.80. The summed E-state index contributed by atoms with van der Waals surface area (Å²) in [5.74, 6) is -0.388. The number of benzene rings is 3. The minimum Gasteiger partial charge on any atom is -0.304 e. The number of hydrogen-bond donors (Lipinski definition) is 1. The second-order valence-electron chi connectivity index (χ2n) is 8.98. The molecule has 1 heterocycles. The Morgan fingerprint density at radius 1 is 0.972 bits per heavy atom. The van der Waals surface area contributed by atoms with E-state index < -0.39 is 14.9 Å². The molecule has 0 unspecified atom stereocenters. The first-order valence-corrected chi connectivity index (χ1v) is 13.4. The lowest BCUT2D eigenvalue weighted by atomic mass is 9.79. The highest BCUT2D eigenvalue weighted by Gasteiger charge is 2.48. The van der Waals surface area contributed by atoms with Crippen LogP contribution in [0.2, 0.25) is 0 Å². The van der Waals surface area contributed by atoms with E-state index in [4.69, 9.17) is 0 Å². The molecular formula is C27H29N3O5S. The Balaban J connectivity index is 1.46. The SMILES string of the molecule is CCc1ccc(S(=O)(=O)NCCC[C@H]2C(=O)N(c3ccc(C)cc3)[C@@H]2c2ccc([N+](=O)[O-])cc2)cc1. The highest BCUT2D eigenvalue weighted by atomic mass is 32.2. The van der Waals surface area contributed by atoms with Crippen LogP contribution in [0, 0.1) is 23.0 Å². The molecule has 3 aromatic carbocycles. The van der Waals surface area contributed by atoms with Crippen molar-refractivity contribution in [3.63, 3.8) is 0 Å². The lowest BCUT2D eigenvalue weighted by molar-refractivity contribution is -0.384. The summed E-state index contributed by atoms with van der Waals surface area (Å²) in [6.45, 7) is 4.18. The van der Waals surface area contributed by atoms with Gasteiger partial charge in [-0.25, -0.2) is 13.1 Å². The van der Waals surface area contributed by atoms with Gasteiger partial charge in [0, 0.05) is 24.4 Å². The second-order valence-corrected chi connectivity index (χ2v) is 10.7. The van der Waals surface area contributed by atoms with Crippen LogP contribution >= 0.6 is 0 Å². The molecule has 9 heteroatoms. The maximum Gasteiger partial charge on any atom is 0.269 e. The van der Waals surface area contributed by atoms with E-state index >= 15 is 0 Å². The molecule has 188 valence electrons. The number of nitrogens with zero attached hydrogens (tertiary/aromatic N) is 2. The minimum absolute atomic E-state index is 0.00999. The minimum atomic E-state index is -3.63. The molecule has 0 saturated carbocycles. The Morgan fingerprint density at radius 3 is 2.19 bits per heavy atom. The van der Waals surface area contributed by atoms with Crippen molar-refractivity contribution in [1.82, 2.24) is 4.72 Å². The third kappa shape index (κ3) is 5.32. The molecular weight excluding hydrogens is 478 g/mol. The van der Waals surface area contributed by atoms with Crippen LogP contribution in [0.3, 0.4) is 0 Å². The van der Waals surface area contributed by atoms with Gasteiger partial charge in [-0.1, -0.05) is 48.9 Å². The highest BCUT2D eigenvalue weighted by Crippen LogP contribution is 2.45. The van der Waals surface area contributed by atoms with Gasteiger partial charge in [0.05, 0.1) is 21.8 Å². The topological polar surface area (TPSA) is 110 Å². The summed E-state index contributed by atoms with van der Waals surface area (Å²) in [5.41, 5.74) is 3.70. The fraction of sp³-hybridized carbons (Fsp3) is 0.296. The number of nitro groups is 1. The molecule has 1 aliphatic rings. The van der Waals surface area contributed by atoms with Gasteiger partial charge >= 0.3 is 0 Å². The van der Waals surface area contributed by atoms with Crippen LogP contribution in [0.25, 0.3) is 0 Å². The van der Waals surface area contributed by atoms with Gasteiger partial charge in [-0.3, -0.25) is 14.9 Å². The van der Waals surface area contributed by atoms with Gasteiger partial charge in [-0.05, 0) is 61.6 Å². The van der Waals surface area contributed by atoms with E-state index in [2.05, 4.69) is 4.72 Å². The number of amides is 1. The molecule has 1 aliphatic heterocycles. The molecule has 4 rings (SSSR count). The van der Waals surface area contributed by atoms with Crippen molar-refractivity contribution in [1.29, 1.82) is 0 Å². The molecule has 0 aromatic heterocycles. The van der Waals surface area contributed by atoms with Crippen LogP contribution in [0.1, 0.15) is 42.5 Å². The molecule has 0 radical (unpaired) electrons. The van der Waals surface area contributed by atoms with Crippen LogP contribution in [0.15, 0.2) is 77.7 Å². The Bertz CT molecular complexity index is 1340. The first-order chi connectivity index (χ1) is 17.2. The Labute approximate surface area is 211 Å². The summed E-state index contributed by atoms with van der Waals surface area (Å²) in [4.78, 5) is 25.7. The summed E-state index contributed by atoms with van der Waals surface area (Å²) in [6, 6.07) is 20.4. The maximum absolute atomic E-state index is 13.2. The van der Waals surface area contributed by atoms with Crippen molar-refractivity contribution in [2.75, 3.05) is 11.4 Å². The number of carbonyl (C=O) groups is 1. The number of β-lactam (4-membered cyclic amide) rings is 1. The number of aryl methyl sites for hydroxylation is 2. The van der Waals surface area contributed by atoms with Crippen LogP contribution in [-0.2, 0) is 21.2 Å². The largest absolute Gasteiger partial charge is 0.304 e. The third-order valence-electron chi connectivity index (χ3n) is 6.60. The number of non-ortho nitro benzene ring substituents is 1. The van der Waals surface area contributed by atoms with E-state index in [0.29, 0.717) is 12.8 Å². The number of nitrogens with one attached hydrogen (secondary N) is 1. The molecule has 0 bridgehead atoms. The van der Waals surface area contributed by atoms with Gasteiger partial charge in [0.25, 0.3) is 5.69 Å². The van der Waals surface area contributed by atoms with Gasteiger partial charge in [0.15, 0.2) is 0 Å². The Morgan fingerprint density at radius 2 is 1.61 bits per heavy atom. The lowest BCUT2D eigenvalue weighted by Gasteiger charge is -2.47. The first kappa shape index (κ1) is 25.5. The van der Waals surface area contributed by atoms with Crippen molar-refractivity contribution in [3.05, 3.63) is 99.6 Å². The number of nitro benzene ring substituents is 1. The quantitative estimate of drug-likeness (QED) is 0.181. The number of rotatable bonds is 10. The number of hydrogen-bond acceptors (Lipinski definition) is 5. The fourth-order valence-electron chi connectivity index (χ4n) is 4.51. The maximum atomic E-state index is 13.2. The first-order valence-electron chi connectivity index (χ1n) is 11.9. The molecule has 8 nitrogen and oxygen atoms in total. The molecule has 1 saturated heterocycles.